The van der Waals surface area contributed by atoms with Gasteiger partial charge in [0.25, 0.3) is 5.56 Å². The van der Waals surface area contributed by atoms with Crippen LogP contribution in [-0.4, -0.2) is 55.3 Å². The number of aromatic nitrogens is 1. The largest absolute Gasteiger partial charge is 0.463 e. The lowest BCUT2D eigenvalue weighted by molar-refractivity contribution is -0.138. The molecule has 1 fully saturated rings. The minimum Gasteiger partial charge on any atom is -0.463 e. The van der Waals surface area contributed by atoms with Gasteiger partial charge in [-0.3, -0.25) is 9.36 Å². The Morgan fingerprint density at radius 3 is 2.51 bits per heavy atom. The quantitative estimate of drug-likeness (QED) is 0.318. The lowest BCUT2D eigenvalue weighted by atomic mass is 9.93. The molecule has 10 heteroatoms. The van der Waals surface area contributed by atoms with Crippen molar-refractivity contribution in [3.8, 4) is 0 Å². The summed E-state index contributed by atoms with van der Waals surface area (Å²) in [5.41, 5.74) is 2.00. The van der Waals surface area contributed by atoms with Gasteiger partial charge in [0.05, 0.1) is 28.5 Å². The summed E-state index contributed by atoms with van der Waals surface area (Å²) in [7, 11) is 2.11. The Hall–Kier alpha value is -3.92. The van der Waals surface area contributed by atoms with Crippen molar-refractivity contribution in [3.05, 3.63) is 114 Å². The topological polar surface area (TPSA) is 80.3 Å². The number of hydrogen-bond donors (Lipinski definition) is 0. The maximum absolute atomic E-state index is 14.0. The van der Waals surface area contributed by atoms with Gasteiger partial charge in [0.15, 0.2) is 10.7 Å². The molecule has 41 heavy (non-hydrogen) atoms. The smallest absolute Gasteiger partial charge is 0.338 e. The van der Waals surface area contributed by atoms with Gasteiger partial charge in [-0.15, -0.1) is 0 Å². The number of likely N-dealkylation sites (N-methyl/N-ethyl adjacent to an activating group) is 1. The Balaban J connectivity index is 1.51. The van der Waals surface area contributed by atoms with Crippen LogP contribution >= 0.6 is 22.9 Å². The van der Waals surface area contributed by atoms with Gasteiger partial charge in [-0.1, -0.05) is 65.4 Å². The third kappa shape index (κ3) is 5.40. The molecule has 8 nitrogen and oxygen atoms in total. The van der Waals surface area contributed by atoms with Crippen molar-refractivity contribution in [1.29, 1.82) is 0 Å². The second-order valence-electron chi connectivity index (χ2n) is 9.95. The van der Waals surface area contributed by atoms with Crippen LogP contribution in [0, 0.1) is 0 Å². The molecule has 210 valence electrons. The zero-order valence-electron chi connectivity index (χ0n) is 22.7. The number of benzene rings is 2. The summed E-state index contributed by atoms with van der Waals surface area (Å²) in [6.45, 7) is 5.64. The first-order valence-electron chi connectivity index (χ1n) is 13.5. The number of nitrogens with zero attached hydrogens (tertiary/aromatic N) is 4. The van der Waals surface area contributed by atoms with Crippen molar-refractivity contribution in [3.63, 3.8) is 0 Å². The van der Waals surface area contributed by atoms with Gasteiger partial charge in [-0.05, 0) is 37.7 Å². The van der Waals surface area contributed by atoms with E-state index in [1.807, 2.05) is 54.6 Å². The molecular formula is C31H29ClN4O4S. The van der Waals surface area contributed by atoms with Crippen LogP contribution in [-0.2, 0) is 9.53 Å². The molecule has 4 heterocycles. The lowest BCUT2D eigenvalue weighted by Gasteiger charge is -2.32. The van der Waals surface area contributed by atoms with Gasteiger partial charge in [0, 0.05) is 48.9 Å². The van der Waals surface area contributed by atoms with Gasteiger partial charge < -0.3 is 19.0 Å². The zero-order chi connectivity index (χ0) is 28.5. The highest BCUT2D eigenvalue weighted by Gasteiger charge is 2.35. The average Bonchev–Trinajstić information content (AvgIpc) is 3.58. The Morgan fingerprint density at radius 1 is 1.07 bits per heavy atom. The lowest BCUT2D eigenvalue weighted by Crippen LogP contribution is -2.44. The van der Waals surface area contributed by atoms with Crippen LogP contribution in [0.4, 0.5) is 5.88 Å². The van der Waals surface area contributed by atoms with Crippen LogP contribution in [0.15, 0.2) is 86.5 Å². The number of fused-ring (bicyclic) bond motifs is 1. The van der Waals surface area contributed by atoms with Crippen LogP contribution in [0.3, 0.4) is 0 Å². The molecule has 0 N–H and O–H groups in total. The third-order valence-corrected chi connectivity index (χ3v) is 8.50. The molecule has 2 aromatic carbocycles. The van der Waals surface area contributed by atoms with E-state index in [-0.39, 0.29) is 12.2 Å². The fourth-order valence-corrected chi connectivity index (χ4v) is 6.25. The number of anilines is 1. The van der Waals surface area contributed by atoms with E-state index < -0.39 is 12.0 Å². The summed E-state index contributed by atoms with van der Waals surface area (Å²) in [5.74, 6) is 0.847. The summed E-state index contributed by atoms with van der Waals surface area (Å²) < 4.78 is 13.7. The van der Waals surface area contributed by atoms with Gasteiger partial charge in [0.2, 0.25) is 0 Å². The standard InChI is InChI=1S/C31H29ClN4O4S/c1-3-39-30(38)26-27(20-7-5-4-6-8-20)33-31-36(28(26)21-9-11-22(32)12-10-21)29(37)24(41-31)19-23-13-14-25(40-23)35-17-15-34(2)16-18-35/h4-14,19,28H,3,15-18H2,1-2H3/b24-19+/t28-/m1/s1. The van der Waals surface area contributed by atoms with E-state index in [1.54, 1.807) is 29.7 Å². The third-order valence-electron chi connectivity index (χ3n) is 7.26. The number of carbonyl (C=O) groups is 1. The minimum absolute atomic E-state index is 0.191. The number of esters is 1. The number of furan rings is 1. The van der Waals surface area contributed by atoms with E-state index in [2.05, 4.69) is 16.8 Å². The van der Waals surface area contributed by atoms with Crippen LogP contribution < -0.4 is 19.8 Å². The summed E-state index contributed by atoms with van der Waals surface area (Å²) in [4.78, 5) is 37.4. The molecule has 2 aromatic heterocycles. The maximum Gasteiger partial charge on any atom is 0.338 e. The number of carbonyl (C=O) groups excluding carboxylic acids is 1. The van der Waals surface area contributed by atoms with Gasteiger partial charge >= 0.3 is 5.97 Å². The molecule has 0 unspecified atom stereocenters. The highest BCUT2D eigenvalue weighted by atomic mass is 35.5. The van der Waals surface area contributed by atoms with E-state index in [4.69, 9.17) is 25.7 Å². The molecule has 0 radical (unpaired) electrons. The number of rotatable bonds is 6. The molecule has 6 rings (SSSR count). The van der Waals surface area contributed by atoms with Crippen molar-refractivity contribution in [2.75, 3.05) is 44.7 Å². The Morgan fingerprint density at radius 2 is 1.80 bits per heavy atom. The highest BCUT2D eigenvalue weighted by Crippen LogP contribution is 2.35. The van der Waals surface area contributed by atoms with Crippen LogP contribution in [0.25, 0.3) is 11.8 Å². The van der Waals surface area contributed by atoms with Crippen molar-refractivity contribution in [2.24, 2.45) is 4.99 Å². The molecule has 0 spiro atoms. The van der Waals surface area contributed by atoms with Crippen molar-refractivity contribution >= 4 is 46.6 Å². The molecule has 1 saturated heterocycles. The van der Waals surface area contributed by atoms with Gasteiger partial charge in [-0.25, -0.2) is 9.79 Å². The molecular weight excluding hydrogens is 560 g/mol. The van der Waals surface area contributed by atoms with E-state index in [0.29, 0.717) is 31.4 Å². The summed E-state index contributed by atoms with van der Waals surface area (Å²) >= 11 is 7.47. The van der Waals surface area contributed by atoms with Crippen molar-refractivity contribution in [1.82, 2.24) is 9.47 Å². The predicted octanol–water partition coefficient (Wildman–Crippen LogP) is 3.93. The summed E-state index contributed by atoms with van der Waals surface area (Å²) in [6.07, 6.45) is 1.75. The van der Waals surface area contributed by atoms with Crippen LogP contribution in [0.2, 0.25) is 5.02 Å². The monoisotopic (exact) mass is 588 g/mol. The number of halogens is 1. The SMILES string of the molecule is CCOC(=O)C1=C(c2ccccc2)N=c2s/c(=C/c3ccc(N4CCN(C)CC4)o3)c(=O)n2[C@@H]1c1ccc(Cl)cc1. The number of hydrogen-bond acceptors (Lipinski definition) is 8. The second-order valence-corrected chi connectivity index (χ2v) is 11.4. The molecule has 1 atom stereocenters. The van der Waals surface area contributed by atoms with E-state index in [0.717, 1.165) is 43.2 Å². The Bertz CT molecular complexity index is 1780. The van der Waals surface area contributed by atoms with Crippen LogP contribution in [0.1, 0.15) is 29.9 Å². The summed E-state index contributed by atoms with van der Waals surface area (Å²) in [5, 5.41) is 0.556. The predicted molar refractivity (Wildman–Crippen MR) is 161 cm³/mol. The second kappa shape index (κ2) is 11.5. The normalized spacial score (nSPS) is 17.9. The molecule has 0 bridgehead atoms. The Kier molecular flexibility index (Phi) is 7.66. The first-order chi connectivity index (χ1) is 19.9. The van der Waals surface area contributed by atoms with E-state index in [1.165, 1.54) is 11.3 Å². The van der Waals surface area contributed by atoms with E-state index >= 15 is 0 Å². The fraction of sp³-hybridized carbons (Fsp3) is 0.258. The molecule has 0 amide bonds. The van der Waals surface area contributed by atoms with Crippen molar-refractivity contribution < 1.29 is 13.9 Å². The Labute approximate surface area is 246 Å². The van der Waals surface area contributed by atoms with Crippen molar-refractivity contribution in [2.45, 2.75) is 13.0 Å². The first kappa shape index (κ1) is 27.3. The fourth-order valence-electron chi connectivity index (χ4n) is 5.15. The molecule has 4 aromatic rings. The van der Waals surface area contributed by atoms with E-state index in [9.17, 15) is 9.59 Å². The molecule has 2 aliphatic rings. The summed E-state index contributed by atoms with van der Waals surface area (Å²) in [6, 6.07) is 19.7. The highest BCUT2D eigenvalue weighted by molar-refractivity contribution is 7.07. The number of thiazole rings is 1. The minimum atomic E-state index is -0.752. The molecule has 0 aliphatic carbocycles. The average molecular weight is 589 g/mol. The molecule has 2 aliphatic heterocycles. The van der Waals surface area contributed by atoms with Crippen LogP contribution in [0.5, 0.6) is 0 Å². The van der Waals surface area contributed by atoms with Gasteiger partial charge in [0.1, 0.15) is 5.76 Å². The maximum atomic E-state index is 14.0. The zero-order valence-corrected chi connectivity index (χ0v) is 24.3. The first-order valence-corrected chi connectivity index (χ1v) is 14.7. The molecule has 0 saturated carbocycles. The number of piperazine rings is 1. The number of ether oxygens (including phenoxy) is 1. The van der Waals surface area contributed by atoms with Gasteiger partial charge in [-0.2, -0.15) is 0 Å².